The van der Waals surface area contributed by atoms with Crippen molar-refractivity contribution < 1.29 is 9.53 Å². The van der Waals surface area contributed by atoms with Crippen LogP contribution in [-0.4, -0.2) is 27.7 Å². The van der Waals surface area contributed by atoms with E-state index in [1.807, 2.05) is 0 Å². The van der Waals surface area contributed by atoms with Gasteiger partial charge < -0.3 is 9.72 Å². The van der Waals surface area contributed by atoms with Crippen LogP contribution in [0.2, 0.25) is 10.0 Å². The minimum absolute atomic E-state index is 0.125. The highest BCUT2D eigenvalue weighted by atomic mass is 35.5. The Bertz CT molecular complexity index is 1240. The smallest absolute Gasteiger partial charge is 0.343 e. The standard InChI is InChI=1S/C18H11Cl2N3O3/c1-26-18(25)14-15(10-7-6-9(19)8-12(10)20)22-23-16(14)21-13-5-3-2-4-11(13)17(23)24/h2-8,21H,1H3. The number of hydrogen-bond donors (Lipinski definition) is 1. The number of halogens is 2. The van der Waals surface area contributed by atoms with Crippen LogP contribution < -0.4 is 5.56 Å². The van der Waals surface area contributed by atoms with Crippen molar-refractivity contribution in [2.24, 2.45) is 0 Å². The SMILES string of the molecule is COC(=O)c1c(-c2ccc(Cl)cc2Cl)nn2c(=O)c3ccccc3[nH]c12. The summed E-state index contributed by atoms with van der Waals surface area (Å²) in [6, 6.07) is 11.8. The van der Waals surface area contributed by atoms with Gasteiger partial charge >= 0.3 is 5.97 Å². The number of carbonyl (C=O) groups is 1. The third kappa shape index (κ3) is 2.46. The molecule has 6 nitrogen and oxygen atoms in total. The number of fused-ring (bicyclic) bond motifs is 2. The van der Waals surface area contributed by atoms with Crippen LogP contribution in [0.3, 0.4) is 0 Å². The number of esters is 1. The maximum atomic E-state index is 12.8. The number of rotatable bonds is 2. The van der Waals surface area contributed by atoms with Gasteiger partial charge in [-0.2, -0.15) is 9.61 Å². The van der Waals surface area contributed by atoms with Crippen LogP contribution in [0.4, 0.5) is 0 Å². The molecule has 4 aromatic rings. The van der Waals surface area contributed by atoms with Gasteiger partial charge in [0.1, 0.15) is 11.3 Å². The largest absolute Gasteiger partial charge is 0.465 e. The second-order valence-electron chi connectivity index (χ2n) is 5.58. The van der Waals surface area contributed by atoms with Gasteiger partial charge in [-0.1, -0.05) is 35.3 Å². The van der Waals surface area contributed by atoms with E-state index in [0.717, 1.165) is 4.52 Å². The molecule has 130 valence electrons. The van der Waals surface area contributed by atoms with Crippen LogP contribution in [-0.2, 0) is 4.74 Å². The summed E-state index contributed by atoms with van der Waals surface area (Å²) >= 11 is 12.2. The van der Waals surface area contributed by atoms with Gasteiger partial charge in [-0.25, -0.2) is 4.79 Å². The molecular weight excluding hydrogens is 377 g/mol. The van der Waals surface area contributed by atoms with E-state index in [2.05, 4.69) is 10.1 Å². The molecule has 0 fully saturated rings. The molecule has 2 aromatic carbocycles. The molecule has 4 rings (SSSR count). The van der Waals surface area contributed by atoms with E-state index in [-0.39, 0.29) is 22.5 Å². The van der Waals surface area contributed by atoms with Crippen molar-refractivity contribution in [3.8, 4) is 11.3 Å². The Kier molecular flexibility index (Phi) is 3.94. The number of methoxy groups -OCH3 is 1. The molecule has 0 aliphatic carbocycles. The van der Waals surface area contributed by atoms with Gasteiger partial charge in [-0.3, -0.25) is 4.79 Å². The zero-order valence-electron chi connectivity index (χ0n) is 13.4. The van der Waals surface area contributed by atoms with Gasteiger partial charge in [0, 0.05) is 10.6 Å². The Labute approximate surface area is 156 Å². The normalized spacial score (nSPS) is 11.2. The number of ether oxygens (including phenoxy) is 1. The number of nitrogens with zero attached hydrogens (tertiary/aromatic N) is 2. The van der Waals surface area contributed by atoms with E-state index in [1.165, 1.54) is 7.11 Å². The molecule has 0 aliphatic rings. The maximum Gasteiger partial charge on any atom is 0.343 e. The number of aromatic amines is 1. The summed E-state index contributed by atoms with van der Waals surface area (Å²) in [6.07, 6.45) is 0. The van der Waals surface area contributed by atoms with Crippen LogP contribution in [0.1, 0.15) is 10.4 Å². The quantitative estimate of drug-likeness (QED) is 0.528. The van der Waals surface area contributed by atoms with E-state index in [4.69, 9.17) is 27.9 Å². The van der Waals surface area contributed by atoms with Crippen molar-refractivity contribution in [1.82, 2.24) is 14.6 Å². The molecule has 8 heteroatoms. The maximum absolute atomic E-state index is 12.8. The summed E-state index contributed by atoms with van der Waals surface area (Å²) in [5, 5.41) is 5.54. The molecule has 1 N–H and O–H groups in total. The minimum Gasteiger partial charge on any atom is -0.465 e. The molecule has 26 heavy (non-hydrogen) atoms. The third-order valence-electron chi connectivity index (χ3n) is 4.06. The van der Waals surface area contributed by atoms with Crippen molar-refractivity contribution in [2.75, 3.05) is 7.11 Å². The zero-order chi connectivity index (χ0) is 18.4. The molecule has 2 aromatic heterocycles. The first-order valence-electron chi connectivity index (χ1n) is 7.58. The van der Waals surface area contributed by atoms with Gasteiger partial charge in [0.05, 0.1) is 23.0 Å². The molecule has 2 heterocycles. The number of H-pyrrole nitrogens is 1. The number of nitrogens with one attached hydrogen (secondary N) is 1. The summed E-state index contributed by atoms with van der Waals surface area (Å²) < 4.78 is 6.04. The van der Waals surface area contributed by atoms with Crippen molar-refractivity contribution in [1.29, 1.82) is 0 Å². The lowest BCUT2D eigenvalue weighted by Gasteiger charge is -2.04. The predicted octanol–water partition coefficient (Wildman–Crippen LogP) is 3.94. The first-order valence-corrected chi connectivity index (χ1v) is 8.34. The van der Waals surface area contributed by atoms with Crippen LogP contribution >= 0.6 is 23.2 Å². The summed E-state index contributed by atoms with van der Waals surface area (Å²) in [4.78, 5) is 28.3. The Balaban J connectivity index is 2.16. The van der Waals surface area contributed by atoms with E-state index in [1.54, 1.807) is 42.5 Å². The molecule has 0 saturated heterocycles. The van der Waals surface area contributed by atoms with Crippen LogP contribution in [0.15, 0.2) is 47.3 Å². The average molecular weight is 388 g/mol. The number of hydrogen-bond acceptors (Lipinski definition) is 4. The Morgan fingerprint density at radius 2 is 1.96 bits per heavy atom. The van der Waals surface area contributed by atoms with E-state index in [0.29, 0.717) is 26.5 Å². The number of aromatic nitrogens is 3. The Hall–Kier alpha value is -2.83. The average Bonchev–Trinajstić information content (AvgIpc) is 3.00. The number of carbonyl (C=O) groups excluding carboxylic acids is 1. The molecular formula is C18H11Cl2N3O3. The summed E-state index contributed by atoms with van der Waals surface area (Å²) in [5.41, 5.74) is 1.31. The van der Waals surface area contributed by atoms with E-state index in [9.17, 15) is 9.59 Å². The monoisotopic (exact) mass is 387 g/mol. The number of benzene rings is 2. The molecule has 0 spiro atoms. The van der Waals surface area contributed by atoms with E-state index < -0.39 is 5.97 Å². The van der Waals surface area contributed by atoms with Crippen molar-refractivity contribution in [3.05, 3.63) is 68.4 Å². The Morgan fingerprint density at radius 3 is 2.69 bits per heavy atom. The fraction of sp³-hybridized carbons (Fsp3) is 0.0556. The van der Waals surface area contributed by atoms with Gasteiger partial charge in [0.25, 0.3) is 5.56 Å². The first kappa shape index (κ1) is 16.6. The lowest BCUT2D eigenvalue weighted by molar-refractivity contribution is 0.0603. The molecule has 0 amide bonds. The van der Waals surface area contributed by atoms with E-state index >= 15 is 0 Å². The van der Waals surface area contributed by atoms with Gasteiger partial charge in [-0.05, 0) is 30.3 Å². The van der Waals surface area contributed by atoms with Crippen LogP contribution in [0.25, 0.3) is 27.8 Å². The topological polar surface area (TPSA) is 76.5 Å². The summed E-state index contributed by atoms with van der Waals surface area (Å²) in [5.74, 6) is -0.632. The molecule has 0 unspecified atom stereocenters. The zero-order valence-corrected chi connectivity index (χ0v) is 14.9. The second kappa shape index (κ2) is 6.16. The fourth-order valence-corrected chi connectivity index (χ4v) is 3.36. The van der Waals surface area contributed by atoms with Gasteiger partial charge in [-0.15, -0.1) is 0 Å². The third-order valence-corrected chi connectivity index (χ3v) is 4.61. The highest BCUT2D eigenvalue weighted by Gasteiger charge is 2.25. The van der Waals surface area contributed by atoms with Gasteiger partial charge in [0.2, 0.25) is 0 Å². The molecule has 0 saturated carbocycles. The summed E-state index contributed by atoms with van der Waals surface area (Å²) in [7, 11) is 1.26. The lowest BCUT2D eigenvalue weighted by Crippen LogP contribution is -2.16. The second-order valence-corrected chi connectivity index (χ2v) is 6.42. The lowest BCUT2D eigenvalue weighted by atomic mass is 10.1. The predicted molar refractivity (Wildman–Crippen MR) is 100 cm³/mol. The van der Waals surface area contributed by atoms with Crippen molar-refractivity contribution in [2.45, 2.75) is 0 Å². The molecule has 0 radical (unpaired) electrons. The molecule has 0 atom stereocenters. The first-order chi connectivity index (χ1) is 12.5. The fourth-order valence-electron chi connectivity index (χ4n) is 2.87. The van der Waals surface area contributed by atoms with Gasteiger partial charge in [0.15, 0.2) is 5.65 Å². The van der Waals surface area contributed by atoms with Crippen molar-refractivity contribution in [3.63, 3.8) is 0 Å². The van der Waals surface area contributed by atoms with Crippen LogP contribution in [0.5, 0.6) is 0 Å². The van der Waals surface area contributed by atoms with Crippen molar-refractivity contribution >= 4 is 45.7 Å². The molecule has 0 aliphatic heterocycles. The number of para-hydroxylation sites is 1. The minimum atomic E-state index is -0.632. The van der Waals surface area contributed by atoms with Crippen LogP contribution in [0, 0.1) is 0 Å². The highest BCUT2D eigenvalue weighted by molar-refractivity contribution is 6.36. The Morgan fingerprint density at radius 1 is 1.19 bits per heavy atom. The highest BCUT2D eigenvalue weighted by Crippen LogP contribution is 2.33. The molecule has 0 bridgehead atoms. The summed E-state index contributed by atoms with van der Waals surface area (Å²) in [6.45, 7) is 0.